The minimum atomic E-state index is -2.60. The molecule has 0 saturated carbocycles. The first kappa shape index (κ1) is 18.1. The maximum absolute atomic E-state index is 12.6. The molecule has 0 radical (unpaired) electrons. The average molecular weight is 378 g/mol. The average Bonchev–Trinajstić information content (AvgIpc) is 3.28. The van der Waals surface area contributed by atoms with Gasteiger partial charge in [0.2, 0.25) is 11.7 Å². The van der Waals surface area contributed by atoms with E-state index < -0.39 is 11.7 Å². The molecule has 3 rings (SSSR count). The van der Waals surface area contributed by atoms with E-state index in [0.29, 0.717) is 17.6 Å². The number of thioether (sulfide) groups is 1. The minimum absolute atomic E-state index is 0.00630. The van der Waals surface area contributed by atoms with Crippen molar-refractivity contribution in [2.45, 2.75) is 30.7 Å². The first-order valence-corrected chi connectivity index (χ1v) is 8.76. The summed E-state index contributed by atoms with van der Waals surface area (Å²) in [5, 5.41) is 6.53. The fourth-order valence-corrected chi connectivity index (χ4v) is 3.06. The standard InChI is InChI=1S/C17H16F2N4O2S/c1-2-23-9-5-7-12(23)15-21-14(25-22-15)10-20-16(24)11-6-3-4-8-13(11)26-17(18)19/h3-9,17H,2,10H2,1H3,(H,20,24). The lowest BCUT2D eigenvalue weighted by molar-refractivity contribution is 0.0943. The summed E-state index contributed by atoms with van der Waals surface area (Å²) in [4.78, 5) is 16.8. The number of alkyl halides is 2. The number of nitrogens with zero attached hydrogens (tertiary/aromatic N) is 3. The highest BCUT2D eigenvalue weighted by Crippen LogP contribution is 2.28. The zero-order valence-electron chi connectivity index (χ0n) is 13.9. The summed E-state index contributed by atoms with van der Waals surface area (Å²) in [5.41, 5.74) is 0.991. The third kappa shape index (κ3) is 4.10. The molecule has 2 heterocycles. The molecule has 6 nitrogen and oxygen atoms in total. The van der Waals surface area contributed by atoms with Crippen molar-refractivity contribution in [3.63, 3.8) is 0 Å². The van der Waals surface area contributed by atoms with E-state index in [0.717, 1.165) is 12.2 Å². The summed E-state index contributed by atoms with van der Waals surface area (Å²) < 4.78 is 32.3. The van der Waals surface area contributed by atoms with Gasteiger partial charge in [-0.15, -0.1) is 0 Å². The fraction of sp³-hybridized carbons (Fsp3) is 0.235. The van der Waals surface area contributed by atoms with Gasteiger partial charge >= 0.3 is 0 Å². The molecule has 0 saturated heterocycles. The van der Waals surface area contributed by atoms with Crippen LogP contribution in [0.3, 0.4) is 0 Å². The number of benzene rings is 1. The molecule has 0 aliphatic rings. The van der Waals surface area contributed by atoms with E-state index in [4.69, 9.17) is 4.52 Å². The van der Waals surface area contributed by atoms with Crippen LogP contribution in [0.5, 0.6) is 0 Å². The Bertz CT molecular complexity index is 894. The maximum Gasteiger partial charge on any atom is 0.288 e. The molecule has 3 aromatic rings. The highest BCUT2D eigenvalue weighted by molar-refractivity contribution is 7.99. The van der Waals surface area contributed by atoms with Crippen LogP contribution in [0.1, 0.15) is 23.2 Å². The smallest absolute Gasteiger partial charge is 0.288 e. The van der Waals surface area contributed by atoms with Crippen LogP contribution in [0.15, 0.2) is 52.0 Å². The van der Waals surface area contributed by atoms with Crippen molar-refractivity contribution in [3.8, 4) is 11.5 Å². The molecule has 0 atom stereocenters. The molecule has 0 aliphatic heterocycles. The van der Waals surface area contributed by atoms with Crippen LogP contribution in [0.25, 0.3) is 11.5 Å². The predicted molar refractivity (Wildman–Crippen MR) is 92.9 cm³/mol. The molecule has 0 bridgehead atoms. The molecule has 9 heteroatoms. The van der Waals surface area contributed by atoms with Gasteiger partial charge in [-0.2, -0.15) is 13.8 Å². The number of nitrogens with one attached hydrogen (secondary N) is 1. The van der Waals surface area contributed by atoms with Gasteiger partial charge in [0.05, 0.1) is 17.8 Å². The van der Waals surface area contributed by atoms with Crippen LogP contribution in [0.2, 0.25) is 0 Å². The Hall–Kier alpha value is -2.68. The van der Waals surface area contributed by atoms with Crippen molar-refractivity contribution in [3.05, 3.63) is 54.0 Å². The van der Waals surface area contributed by atoms with Crippen molar-refractivity contribution < 1.29 is 18.1 Å². The van der Waals surface area contributed by atoms with Crippen LogP contribution in [0.4, 0.5) is 8.78 Å². The highest BCUT2D eigenvalue weighted by atomic mass is 32.2. The second-order valence-corrected chi connectivity index (χ2v) is 6.28. The minimum Gasteiger partial charge on any atom is -0.345 e. The summed E-state index contributed by atoms with van der Waals surface area (Å²) in [7, 11) is 0. The van der Waals surface area contributed by atoms with Crippen LogP contribution >= 0.6 is 11.8 Å². The van der Waals surface area contributed by atoms with E-state index in [2.05, 4.69) is 15.5 Å². The summed E-state index contributed by atoms with van der Waals surface area (Å²) in [6, 6.07) is 9.95. The van der Waals surface area contributed by atoms with Crippen molar-refractivity contribution in [2.24, 2.45) is 0 Å². The van der Waals surface area contributed by atoms with Crippen LogP contribution in [-0.4, -0.2) is 26.4 Å². The molecular weight excluding hydrogens is 362 g/mol. The van der Waals surface area contributed by atoms with Crippen molar-refractivity contribution in [2.75, 3.05) is 0 Å². The van der Waals surface area contributed by atoms with Gasteiger partial charge in [-0.1, -0.05) is 29.1 Å². The Morgan fingerprint density at radius 2 is 2.12 bits per heavy atom. The van der Waals surface area contributed by atoms with Crippen molar-refractivity contribution in [1.82, 2.24) is 20.0 Å². The highest BCUT2D eigenvalue weighted by Gasteiger charge is 2.17. The summed E-state index contributed by atoms with van der Waals surface area (Å²) in [6.07, 6.45) is 1.91. The summed E-state index contributed by atoms with van der Waals surface area (Å²) in [6.45, 7) is 2.77. The first-order chi connectivity index (χ1) is 12.6. The number of hydrogen-bond acceptors (Lipinski definition) is 5. The van der Waals surface area contributed by atoms with Gasteiger partial charge in [-0.05, 0) is 31.2 Å². The number of rotatable bonds is 7. The van der Waals surface area contributed by atoms with E-state index in [-0.39, 0.29) is 22.9 Å². The summed E-state index contributed by atoms with van der Waals surface area (Å²) in [5.74, 6) is -2.42. The van der Waals surface area contributed by atoms with E-state index in [1.165, 1.54) is 12.1 Å². The molecule has 26 heavy (non-hydrogen) atoms. The Labute approximate surface area is 152 Å². The molecule has 1 amide bonds. The first-order valence-electron chi connectivity index (χ1n) is 7.88. The molecule has 0 unspecified atom stereocenters. The Kier molecular flexibility index (Phi) is 5.67. The zero-order valence-corrected chi connectivity index (χ0v) is 14.7. The lowest BCUT2D eigenvalue weighted by atomic mass is 10.2. The van der Waals surface area contributed by atoms with E-state index >= 15 is 0 Å². The van der Waals surface area contributed by atoms with Crippen LogP contribution in [0, 0.1) is 0 Å². The second-order valence-electron chi connectivity index (χ2n) is 5.25. The third-order valence-electron chi connectivity index (χ3n) is 3.62. The van der Waals surface area contributed by atoms with Gasteiger partial charge < -0.3 is 14.4 Å². The second kappa shape index (κ2) is 8.13. The van der Waals surface area contributed by atoms with Gasteiger partial charge in [-0.3, -0.25) is 4.79 Å². The zero-order chi connectivity index (χ0) is 18.5. The predicted octanol–water partition coefficient (Wildman–Crippen LogP) is 3.80. The van der Waals surface area contributed by atoms with Gasteiger partial charge in [-0.25, -0.2) is 0 Å². The van der Waals surface area contributed by atoms with Crippen LogP contribution in [-0.2, 0) is 13.1 Å². The lowest BCUT2D eigenvalue weighted by Crippen LogP contribution is -2.23. The molecule has 1 N–H and O–H groups in total. The van der Waals surface area contributed by atoms with Gasteiger partial charge in [0.15, 0.2) is 0 Å². The van der Waals surface area contributed by atoms with Crippen molar-refractivity contribution in [1.29, 1.82) is 0 Å². The number of amides is 1. The maximum atomic E-state index is 12.6. The Morgan fingerprint density at radius 1 is 1.31 bits per heavy atom. The number of aryl methyl sites for hydroxylation is 1. The largest absolute Gasteiger partial charge is 0.345 e. The number of carbonyl (C=O) groups is 1. The van der Waals surface area contributed by atoms with E-state index in [1.54, 1.807) is 12.1 Å². The monoisotopic (exact) mass is 378 g/mol. The van der Waals surface area contributed by atoms with E-state index in [1.807, 2.05) is 29.8 Å². The Morgan fingerprint density at radius 3 is 2.88 bits per heavy atom. The topological polar surface area (TPSA) is 73.0 Å². The fourth-order valence-electron chi connectivity index (χ4n) is 2.43. The molecule has 0 aliphatic carbocycles. The number of carbonyl (C=O) groups excluding carboxylic acids is 1. The SMILES string of the molecule is CCn1cccc1-c1noc(CNC(=O)c2ccccc2SC(F)F)n1. The van der Waals surface area contributed by atoms with Gasteiger partial charge in [0, 0.05) is 17.6 Å². The molecule has 1 aromatic carbocycles. The number of aromatic nitrogens is 3. The molecular formula is C17H16F2N4O2S. The van der Waals surface area contributed by atoms with Gasteiger partial charge in [0.25, 0.3) is 11.7 Å². The molecule has 0 spiro atoms. The number of halogens is 2. The Balaban J connectivity index is 1.68. The van der Waals surface area contributed by atoms with Crippen molar-refractivity contribution >= 4 is 17.7 Å². The number of hydrogen-bond donors (Lipinski definition) is 1. The molecule has 0 fully saturated rings. The van der Waals surface area contributed by atoms with E-state index in [9.17, 15) is 13.6 Å². The molecule has 2 aromatic heterocycles. The van der Waals surface area contributed by atoms with Gasteiger partial charge in [0.1, 0.15) is 0 Å². The quantitative estimate of drug-likeness (QED) is 0.633. The van der Waals surface area contributed by atoms with Crippen LogP contribution < -0.4 is 5.32 Å². The normalized spacial score (nSPS) is 11.1. The molecule has 136 valence electrons. The lowest BCUT2D eigenvalue weighted by Gasteiger charge is -2.08. The summed E-state index contributed by atoms with van der Waals surface area (Å²) >= 11 is 0.333. The third-order valence-corrected chi connectivity index (χ3v) is 4.40.